The highest BCUT2D eigenvalue weighted by Gasteiger charge is 2.21. The van der Waals surface area contributed by atoms with Gasteiger partial charge < -0.3 is 10.4 Å². The van der Waals surface area contributed by atoms with Crippen LogP contribution in [0.3, 0.4) is 0 Å². The first-order chi connectivity index (χ1) is 12.3. The summed E-state index contributed by atoms with van der Waals surface area (Å²) in [4.78, 5) is 27.1. The van der Waals surface area contributed by atoms with Crippen LogP contribution in [0.2, 0.25) is 0 Å². The third kappa shape index (κ3) is 4.58. The molecule has 1 saturated heterocycles. The molecule has 7 nitrogen and oxygen atoms in total. The van der Waals surface area contributed by atoms with E-state index in [1.807, 2.05) is 18.2 Å². The molecule has 1 aliphatic heterocycles. The number of aliphatic hydroxyl groups is 1. The van der Waals surface area contributed by atoms with E-state index in [-0.39, 0.29) is 18.6 Å². The Kier molecular flexibility index (Phi) is 6.03. The fourth-order valence-electron chi connectivity index (χ4n) is 3.05. The normalized spacial score (nSPS) is 18.0. The number of amides is 1. The molecule has 0 aromatic carbocycles. The largest absolute Gasteiger partial charge is 0.395 e. The smallest absolute Gasteiger partial charge is 0.254 e. The molecule has 0 radical (unpaired) electrons. The van der Waals surface area contributed by atoms with Crippen molar-refractivity contribution in [2.24, 2.45) is 0 Å². The van der Waals surface area contributed by atoms with Gasteiger partial charge in [0.1, 0.15) is 5.69 Å². The molecule has 1 fully saturated rings. The lowest BCUT2D eigenvalue weighted by atomic mass is 10.0. The maximum atomic E-state index is 12.2. The summed E-state index contributed by atoms with van der Waals surface area (Å²) < 4.78 is 0. The van der Waals surface area contributed by atoms with Gasteiger partial charge in [-0.05, 0) is 31.5 Å². The van der Waals surface area contributed by atoms with Crippen LogP contribution in [0.4, 0.5) is 0 Å². The van der Waals surface area contributed by atoms with Crippen LogP contribution in [0.25, 0.3) is 11.5 Å². The summed E-state index contributed by atoms with van der Waals surface area (Å²) in [6, 6.07) is 5.74. The average molecular weight is 341 g/mol. The summed E-state index contributed by atoms with van der Waals surface area (Å²) in [6.07, 6.45) is 8.04. The minimum absolute atomic E-state index is 0.177. The molecular weight excluding hydrogens is 318 g/mol. The number of likely N-dealkylation sites (tertiary alicyclic amines) is 1. The Bertz CT molecular complexity index is 678. The monoisotopic (exact) mass is 341 g/mol. The van der Waals surface area contributed by atoms with E-state index >= 15 is 0 Å². The van der Waals surface area contributed by atoms with Gasteiger partial charge in [0.15, 0.2) is 5.82 Å². The van der Waals surface area contributed by atoms with E-state index in [2.05, 4.69) is 25.2 Å². The van der Waals surface area contributed by atoms with Crippen molar-refractivity contribution in [3.05, 3.63) is 42.4 Å². The lowest BCUT2D eigenvalue weighted by Gasteiger charge is -2.34. The second kappa shape index (κ2) is 8.64. The molecule has 0 spiro atoms. The fraction of sp³-hybridized carbons (Fsp3) is 0.444. The molecule has 1 aliphatic rings. The van der Waals surface area contributed by atoms with Gasteiger partial charge in [-0.15, -0.1) is 0 Å². The number of aromatic nitrogens is 3. The highest BCUT2D eigenvalue weighted by Crippen LogP contribution is 2.15. The zero-order valence-electron chi connectivity index (χ0n) is 14.1. The molecule has 1 atom stereocenters. The van der Waals surface area contributed by atoms with E-state index in [1.165, 1.54) is 12.4 Å². The van der Waals surface area contributed by atoms with Gasteiger partial charge in [0.25, 0.3) is 5.91 Å². The van der Waals surface area contributed by atoms with Crippen LogP contribution >= 0.6 is 0 Å². The van der Waals surface area contributed by atoms with Crippen molar-refractivity contribution in [1.29, 1.82) is 0 Å². The van der Waals surface area contributed by atoms with Crippen LogP contribution in [0.5, 0.6) is 0 Å². The van der Waals surface area contributed by atoms with Crippen molar-refractivity contribution in [3.8, 4) is 11.5 Å². The molecule has 132 valence electrons. The highest BCUT2D eigenvalue weighted by atomic mass is 16.3. The molecule has 1 amide bonds. The Labute approximate surface area is 147 Å². The van der Waals surface area contributed by atoms with E-state index in [0.717, 1.165) is 32.4 Å². The van der Waals surface area contributed by atoms with E-state index in [4.69, 9.17) is 0 Å². The quantitative estimate of drug-likeness (QED) is 0.818. The van der Waals surface area contributed by atoms with Crippen molar-refractivity contribution >= 4 is 5.91 Å². The summed E-state index contributed by atoms with van der Waals surface area (Å²) in [5, 5.41) is 12.3. The van der Waals surface area contributed by atoms with Crippen LogP contribution in [0.15, 0.2) is 36.8 Å². The minimum Gasteiger partial charge on any atom is -0.395 e. The number of carbonyl (C=O) groups is 1. The van der Waals surface area contributed by atoms with Crippen LogP contribution in [-0.2, 0) is 0 Å². The van der Waals surface area contributed by atoms with E-state index in [0.29, 0.717) is 23.6 Å². The van der Waals surface area contributed by atoms with Crippen LogP contribution < -0.4 is 5.32 Å². The Morgan fingerprint density at radius 3 is 2.80 bits per heavy atom. The second-order valence-electron chi connectivity index (χ2n) is 6.13. The van der Waals surface area contributed by atoms with Gasteiger partial charge in [0.05, 0.1) is 12.2 Å². The van der Waals surface area contributed by atoms with Crippen LogP contribution in [0.1, 0.15) is 29.6 Å². The Hall–Kier alpha value is -2.38. The predicted octanol–water partition coefficient (Wildman–Crippen LogP) is 1.12. The number of rotatable bonds is 6. The number of carbonyl (C=O) groups excluding carboxylic acids is 1. The molecule has 2 N–H and O–H groups in total. The molecule has 2 aromatic rings. The van der Waals surface area contributed by atoms with Gasteiger partial charge in [-0.3, -0.25) is 14.7 Å². The van der Waals surface area contributed by atoms with Crippen molar-refractivity contribution in [2.45, 2.75) is 25.3 Å². The number of nitrogens with zero attached hydrogens (tertiary/aromatic N) is 4. The van der Waals surface area contributed by atoms with Gasteiger partial charge in [-0.2, -0.15) is 0 Å². The number of aliphatic hydroxyl groups excluding tert-OH is 1. The predicted molar refractivity (Wildman–Crippen MR) is 93.9 cm³/mol. The number of pyridine rings is 1. The Balaban J connectivity index is 1.51. The summed E-state index contributed by atoms with van der Waals surface area (Å²) in [6.45, 7) is 2.43. The van der Waals surface area contributed by atoms with Gasteiger partial charge in [0.2, 0.25) is 0 Å². The van der Waals surface area contributed by atoms with Gasteiger partial charge in [-0.25, -0.2) is 9.97 Å². The molecule has 0 saturated carbocycles. The Morgan fingerprint density at radius 2 is 2.08 bits per heavy atom. The van der Waals surface area contributed by atoms with E-state index in [1.54, 1.807) is 6.20 Å². The molecular formula is C18H23N5O2. The first-order valence-corrected chi connectivity index (χ1v) is 8.64. The van der Waals surface area contributed by atoms with E-state index in [9.17, 15) is 9.90 Å². The first kappa shape index (κ1) is 17.4. The molecule has 2 aromatic heterocycles. The third-order valence-corrected chi connectivity index (χ3v) is 4.45. The van der Waals surface area contributed by atoms with Crippen molar-refractivity contribution < 1.29 is 9.90 Å². The van der Waals surface area contributed by atoms with Crippen LogP contribution in [0, 0.1) is 0 Å². The maximum absolute atomic E-state index is 12.2. The highest BCUT2D eigenvalue weighted by molar-refractivity contribution is 5.93. The summed E-state index contributed by atoms with van der Waals surface area (Å²) in [5.74, 6) is 0.307. The van der Waals surface area contributed by atoms with Gasteiger partial charge in [-0.1, -0.05) is 12.5 Å². The zero-order chi connectivity index (χ0) is 17.5. The van der Waals surface area contributed by atoms with Crippen molar-refractivity contribution in [3.63, 3.8) is 0 Å². The third-order valence-electron chi connectivity index (χ3n) is 4.45. The number of piperidine rings is 1. The van der Waals surface area contributed by atoms with Gasteiger partial charge >= 0.3 is 0 Å². The number of hydrogen-bond acceptors (Lipinski definition) is 6. The fourth-order valence-corrected chi connectivity index (χ4v) is 3.05. The SMILES string of the molecule is O=C(NCCN1CCCC[C@@H]1CO)c1cnc(-c2ccccn2)nc1. The summed E-state index contributed by atoms with van der Waals surface area (Å²) in [5.41, 5.74) is 1.10. The lowest BCUT2D eigenvalue weighted by molar-refractivity contribution is 0.0849. The van der Waals surface area contributed by atoms with Crippen molar-refractivity contribution in [2.75, 3.05) is 26.2 Å². The topological polar surface area (TPSA) is 91.2 Å². The molecule has 25 heavy (non-hydrogen) atoms. The maximum Gasteiger partial charge on any atom is 0.254 e. The first-order valence-electron chi connectivity index (χ1n) is 8.64. The molecule has 3 rings (SSSR count). The number of hydrogen-bond donors (Lipinski definition) is 2. The van der Waals surface area contributed by atoms with Gasteiger partial charge in [0, 0.05) is 37.7 Å². The molecule has 0 bridgehead atoms. The van der Waals surface area contributed by atoms with Crippen LogP contribution in [-0.4, -0.2) is 63.1 Å². The Morgan fingerprint density at radius 1 is 1.24 bits per heavy atom. The molecule has 3 heterocycles. The second-order valence-corrected chi connectivity index (χ2v) is 6.13. The standard InChI is InChI=1S/C18H23N5O2/c24-13-15-5-2-4-9-23(15)10-8-20-18(25)14-11-21-17(22-12-14)16-6-1-3-7-19-16/h1,3,6-7,11-12,15,24H,2,4-5,8-10,13H2,(H,20,25)/t15-/m1/s1. The lowest BCUT2D eigenvalue weighted by Crippen LogP contribution is -2.45. The average Bonchev–Trinajstić information content (AvgIpc) is 2.69. The van der Waals surface area contributed by atoms with Crippen molar-refractivity contribution in [1.82, 2.24) is 25.2 Å². The molecule has 0 aliphatic carbocycles. The minimum atomic E-state index is -0.190. The summed E-state index contributed by atoms with van der Waals surface area (Å²) in [7, 11) is 0. The molecule has 0 unspecified atom stereocenters. The zero-order valence-corrected chi connectivity index (χ0v) is 14.1. The number of nitrogens with one attached hydrogen (secondary N) is 1. The summed E-state index contributed by atoms with van der Waals surface area (Å²) >= 11 is 0. The van der Waals surface area contributed by atoms with E-state index < -0.39 is 0 Å². The molecule has 7 heteroatoms.